The minimum atomic E-state index is 0.160. The van der Waals surface area contributed by atoms with Crippen LogP contribution in [0.2, 0.25) is 0 Å². The van der Waals surface area contributed by atoms with Crippen molar-refractivity contribution in [1.29, 1.82) is 0 Å². The Morgan fingerprint density at radius 1 is 1.05 bits per heavy atom. The van der Waals surface area contributed by atoms with E-state index < -0.39 is 0 Å². The summed E-state index contributed by atoms with van der Waals surface area (Å²) in [6, 6.07) is 6.76. The molecule has 0 radical (unpaired) electrons. The van der Waals surface area contributed by atoms with Crippen LogP contribution in [0.5, 0.6) is 0 Å². The molecule has 0 atom stereocenters. The lowest BCUT2D eigenvalue weighted by Crippen LogP contribution is -2.35. The van der Waals surface area contributed by atoms with Crippen LogP contribution < -0.4 is 10.2 Å². The summed E-state index contributed by atoms with van der Waals surface area (Å²) in [6.07, 6.45) is 0. The molecule has 0 unspecified atom stereocenters. The van der Waals surface area contributed by atoms with Gasteiger partial charge in [0.15, 0.2) is 0 Å². The number of nitrogens with zero attached hydrogens (tertiary/aromatic N) is 2. The number of hydrogen-bond donors (Lipinski definition) is 1. The topological polar surface area (TPSA) is 18.5 Å². The Kier molecular flexibility index (Phi) is 6.03. The molecule has 0 aliphatic heterocycles. The van der Waals surface area contributed by atoms with E-state index in [1.807, 2.05) is 0 Å². The summed E-state index contributed by atoms with van der Waals surface area (Å²) >= 11 is 0. The number of rotatable bonds is 6. The van der Waals surface area contributed by atoms with Gasteiger partial charge in [0.25, 0.3) is 0 Å². The summed E-state index contributed by atoms with van der Waals surface area (Å²) in [6.45, 7) is 11.8. The first-order valence-electron chi connectivity index (χ1n) is 7.39. The smallest absolute Gasteiger partial charge is 0.0366 e. The summed E-state index contributed by atoms with van der Waals surface area (Å²) in [5.74, 6) is 0. The van der Waals surface area contributed by atoms with E-state index in [2.05, 4.69) is 82.2 Å². The van der Waals surface area contributed by atoms with E-state index >= 15 is 0 Å². The highest BCUT2D eigenvalue weighted by molar-refractivity contribution is 5.50. The molecule has 0 amide bonds. The van der Waals surface area contributed by atoms with Crippen LogP contribution >= 0.6 is 0 Å². The van der Waals surface area contributed by atoms with Crippen LogP contribution in [0.3, 0.4) is 0 Å². The van der Waals surface area contributed by atoms with Crippen LogP contribution in [-0.2, 0) is 6.54 Å². The monoisotopic (exact) mass is 277 g/mol. The minimum absolute atomic E-state index is 0.160. The van der Waals surface area contributed by atoms with Gasteiger partial charge in [0.05, 0.1) is 0 Å². The molecule has 0 aliphatic carbocycles. The summed E-state index contributed by atoms with van der Waals surface area (Å²) in [5.41, 5.74) is 4.19. The SMILES string of the molecule is Cc1cc(N(C)CCN(C)C)ccc1CNC(C)(C)C. The molecule has 1 aromatic carbocycles. The Morgan fingerprint density at radius 2 is 1.70 bits per heavy atom. The minimum Gasteiger partial charge on any atom is -0.373 e. The number of anilines is 1. The highest BCUT2D eigenvalue weighted by atomic mass is 15.1. The van der Waals surface area contributed by atoms with Gasteiger partial charge in [-0.1, -0.05) is 6.07 Å². The Morgan fingerprint density at radius 3 is 2.20 bits per heavy atom. The molecule has 0 saturated carbocycles. The summed E-state index contributed by atoms with van der Waals surface area (Å²) < 4.78 is 0. The van der Waals surface area contributed by atoms with Gasteiger partial charge < -0.3 is 15.1 Å². The van der Waals surface area contributed by atoms with E-state index in [4.69, 9.17) is 0 Å². The molecule has 20 heavy (non-hydrogen) atoms. The molecule has 0 saturated heterocycles. The molecule has 3 heteroatoms. The van der Waals surface area contributed by atoms with Crippen LogP contribution in [0.1, 0.15) is 31.9 Å². The largest absolute Gasteiger partial charge is 0.373 e. The van der Waals surface area contributed by atoms with Crippen molar-refractivity contribution in [2.75, 3.05) is 39.1 Å². The van der Waals surface area contributed by atoms with Crippen molar-refractivity contribution in [3.8, 4) is 0 Å². The molecular weight excluding hydrogens is 246 g/mol. The number of nitrogens with one attached hydrogen (secondary N) is 1. The Hall–Kier alpha value is -1.06. The van der Waals surface area contributed by atoms with Gasteiger partial charge in [-0.15, -0.1) is 0 Å². The number of benzene rings is 1. The maximum Gasteiger partial charge on any atom is 0.0366 e. The zero-order valence-corrected chi connectivity index (χ0v) is 14.2. The van der Waals surface area contributed by atoms with Gasteiger partial charge >= 0.3 is 0 Å². The van der Waals surface area contributed by atoms with Crippen LogP contribution in [0.15, 0.2) is 18.2 Å². The first-order valence-corrected chi connectivity index (χ1v) is 7.39. The zero-order valence-electron chi connectivity index (χ0n) is 14.2. The summed E-state index contributed by atoms with van der Waals surface area (Å²) in [4.78, 5) is 4.53. The van der Waals surface area contributed by atoms with Gasteiger partial charge in [0, 0.05) is 37.9 Å². The molecule has 1 rings (SSSR count). The van der Waals surface area contributed by atoms with Gasteiger partial charge in [-0.3, -0.25) is 0 Å². The van der Waals surface area contributed by atoms with Gasteiger partial charge in [-0.05, 0) is 65.0 Å². The molecule has 1 N–H and O–H groups in total. The molecule has 114 valence electrons. The predicted molar refractivity (Wildman–Crippen MR) is 89.6 cm³/mol. The third-order valence-electron chi connectivity index (χ3n) is 3.46. The first-order chi connectivity index (χ1) is 9.19. The van der Waals surface area contributed by atoms with Gasteiger partial charge in [0.1, 0.15) is 0 Å². The summed E-state index contributed by atoms with van der Waals surface area (Å²) in [7, 11) is 6.38. The fraction of sp³-hybridized carbons (Fsp3) is 0.647. The quantitative estimate of drug-likeness (QED) is 0.862. The van der Waals surface area contributed by atoms with Crippen LogP contribution in [-0.4, -0.2) is 44.7 Å². The highest BCUT2D eigenvalue weighted by Gasteiger charge is 2.10. The lowest BCUT2D eigenvalue weighted by Gasteiger charge is -2.24. The third-order valence-corrected chi connectivity index (χ3v) is 3.46. The van der Waals surface area contributed by atoms with E-state index in [1.54, 1.807) is 0 Å². The van der Waals surface area contributed by atoms with Crippen molar-refractivity contribution in [3.63, 3.8) is 0 Å². The van der Waals surface area contributed by atoms with Crippen molar-refractivity contribution >= 4 is 5.69 Å². The van der Waals surface area contributed by atoms with Crippen molar-refractivity contribution in [1.82, 2.24) is 10.2 Å². The molecule has 0 spiro atoms. The fourth-order valence-corrected chi connectivity index (χ4v) is 1.96. The number of likely N-dealkylation sites (N-methyl/N-ethyl adjacent to an activating group) is 2. The van der Waals surface area contributed by atoms with Gasteiger partial charge in [0.2, 0.25) is 0 Å². The second kappa shape index (κ2) is 7.09. The lowest BCUT2D eigenvalue weighted by molar-refractivity contribution is 0.416. The molecule has 0 heterocycles. The van der Waals surface area contributed by atoms with Gasteiger partial charge in [-0.25, -0.2) is 0 Å². The molecule has 3 nitrogen and oxygen atoms in total. The average molecular weight is 277 g/mol. The molecule has 1 aromatic rings. The maximum absolute atomic E-state index is 3.55. The standard InChI is InChI=1S/C17H31N3/c1-14-12-16(20(7)11-10-19(5)6)9-8-15(14)13-18-17(2,3)4/h8-9,12,18H,10-11,13H2,1-7H3. The third kappa shape index (κ3) is 5.93. The Labute approximate surface area is 125 Å². The fourth-order valence-electron chi connectivity index (χ4n) is 1.96. The Balaban J connectivity index is 2.67. The van der Waals surface area contributed by atoms with E-state index in [1.165, 1.54) is 16.8 Å². The number of aryl methyl sites for hydroxylation is 1. The lowest BCUT2D eigenvalue weighted by atomic mass is 10.0. The van der Waals surface area contributed by atoms with Crippen LogP contribution in [0.25, 0.3) is 0 Å². The molecule has 0 bridgehead atoms. The normalized spacial score (nSPS) is 12.0. The van der Waals surface area contributed by atoms with Crippen molar-refractivity contribution < 1.29 is 0 Å². The van der Waals surface area contributed by atoms with E-state index in [-0.39, 0.29) is 5.54 Å². The number of hydrogen-bond acceptors (Lipinski definition) is 3. The zero-order chi connectivity index (χ0) is 15.3. The first kappa shape index (κ1) is 17.0. The van der Waals surface area contributed by atoms with Crippen LogP contribution in [0.4, 0.5) is 5.69 Å². The van der Waals surface area contributed by atoms with Crippen molar-refractivity contribution in [3.05, 3.63) is 29.3 Å². The Bertz CT molecular complexity index is 419. The predicted octanol–water partition coefficient (Wildman–Crippen LogP) is 2.88. The highest BCUT2D eigenvalue weighted by Crippen LogP contribution is 2.18. The second-order valence-electron chi connectivity index (χ2n) is 6.94. The maximum atomic E-state index is 3.55. The molecule has 0 fully saturated rings. The van der Waals surface area contributed by atoms with Crippen molar-refractivity contribution in [2.24, 2.45) is 0 Å². The second-order valence-corrected chi connectivity index (χ2v) is 6.94. The molecule has 0 aliphatic rings. The van der Waals surface area contributed by atoms with E-state index in [0.29, 0.717) is 0 Å². The average Bonchev–Trinajstić information content (AvgIpc) is 2.33. The molecule has 0 aromatic heterocycles. The van der Waals surface area contributed by atoms with E-state index in [0.717, 1.165) is 19.6 Å². The van der Waals surface area contributed by atoms with Gasteiger partial charge in [-0.2, -0.15) is 0 Å². The van der Waals surface area contributed by atoms with Crippen molar-refractivity contribution in [2.45, 2.75) is 39.8 Å². The summed E-state index contributed by atoms with van der Waals surface area (Å²) in [5, 5.41) is 3.55. The van der Waals surface area contributed by atoms with Crippen LogP contribution in [0, 0.1) is 6.92 Å². The molecular formula is C17H31N3. The van der Waals surface area contributed by atoms with E-state index in [9.17, 15) is 0 Å².